The second-order valence-corrected chi connectivity index (χ2v) is 6.85. The highest BCUT2D eigenvalue weighted by Crippen LogP contribution is 2.38. The molecule has 10 nitrogen and oxygen atoms in total. The Kier molecular flexibility index (Phi) is 5.88. The van der Waals surface area contributed by atoms with Crippen LogP contribution >= 0.6 is 11.3 Å². The fourth-order valence-corrected chi connectivity index (χ4v) is 3.52. The highest BCUT2D eigenvalue weighted by molar-refractivity contribution is 7.18. The first-order valence-electron chi connectivity index (χ1n) is 8.60. The number of hydrogen-bond acceptors (Lipinski definition) is 9. The van der Waals surface area contributed by atoms with Crippen molar-refractivity contribution in [3.05, 3.63) is 46.3 Å². The van der Waals surface area contributed by atoms with Gasteiger partial charge in [0.05, 0.1) is 11.5 Å². The number of anilines is 3. The van der Waals surface area contributed by atoms with Crippen molar-refractivity contribution in [3.63, 3.8) is 0 Å². The maximum Gasteiger partial charge on any atom is 0.341 e. The maximum absolute atomic E-state index is 12.7. The summed E-state index contributed by atoms with van der Waals surface area (Å²) in [5.74, 6) is -0.756. The van der Waals surface area contributed by atoms with Crippen LogP contribution in [0.5, 0.6) is 0 Å². The van der Waals surface area contributed by atoms with Gasteiger partial charge in [0.2, 0.25) is 0 Å². The van der Waals surface area contributed by atoms with Gasteiger partial charge >= 0.3 is 5.97 Å². The van der Waals surface area contributed by atoms with Crippen molar-refractivity contribution in [1.82, 2.24) is 10.2 Å². The average Bonchev–Trinajstić information content (AvgIpc) is 3.20. The van der Waals surface area contributed by atoms with Gasteiger partial charge in [-0.25, -0.2) is 4.79 Å². The summed E-state index contributed by atoms with van der Waals surface area (Å²) in [5, 5.41) is 17.3. The molecule has 0 atom stereocenters. The Morgan fingerprint density at radius 2 is 1.97 bits per heavy atom. The van der Waals surface area contributed by atoms with Gasteiger partial charge in [-0.1, -0.05) is 18.2 Å². The van der Waals surface area contributed by atoms with Crippen LogP contribution in [0.3, 0.4) is 0 Å². The van der Waals surface area contributed by atoms with E-state index in [2.05, 4.69) is 25.7 Å². The normalized spacial score (nSPS) is 11.0. The largest absolute Gasteiger partial charge is 0.462 e. The molecule has 0 fully saturated rings. The third-order valence-corrected chi connectivity index (χ3v) is 5.06. The van der Waals surface area contributed by atoms with Gasteiger partial charge < -0.3 is 21.5 Å². The molecule has 0 spiro atoms. The van der Waals surface area contributed by atoms with Gasteiger partial charge in [0, 0.05) is 5.69 Å². The molecule has 0 bridgehead atoms. The Balaban J connectivity index is 1.99. The number of nitrogens with one attached hydrogen (secondary N) is 2. The minimum Gasteiger partial charge on any atom is -0.462 e. The summed E-state index contributed by atoms with van der Waals surface area (Å²) < 4.78 is 5.11. The van der Waals surface area contributed by atoms with Gasteiger partial charge in [-0.15, -0.1) is 21.6 Å². The third kappa shape index (κ3) is 4.24. The molecule has 3 aromatic rings. The molecular weight excluding hydrogens is 394 g/mol. The number of ether oxygens (including phenoxy) is 1. The summed E-state index contributed by atoms with van der Waals surface area (Å²) >= 11 is 1.02. The molecular formula is C18H19N7O3S. The smallest absolute Gasteiger partial charge is 0.341 e. The Labute approximate surface area is 170 Å². The number of thiophene rings is 1. The standard InChI is InChI=1S/C18H19N7O3S/c1-3-28-18(27)11-9(2)13(16(26)21-10-7-5-4-6-8-10)29-17(11)25-22-12-14(19)23-24-15(12)20/h4-8H,3H2,1-2H3,(H,21,26)(H5,19,20,23,24). The number of nitrogens with two attached hydrogens (primary N) is 2. The number of nitrogen functional groups attached to an aromatic ring is 2. The number of para-hydroxylation sites is 1. The molecule has 0 aliphatic heterocycles. The molecule has 150 valence electrons. The van der Waals surface area contributed by atoms with Gasteiger partial charge in [-0.2, -0.15) is 5.10 Å². The summed E-state index contributed by atoms with van der Waals surface area (Å²) in [6.07, 6.45) is 0. The van der Waals surface area contributed by atoms with Crippen molar-refractivity contribution in [3.8, 4) is 0 Å². The van der Waals surface area contributed by atoms with Crippen LogP contribution in [-0.2, 0) is 4.74 Å². The predicted molar refractivity (Wildman–Crippen MR) is 111 cm³/mol. The number of benzene rings is 1. The summed E-state index contributed by atoms with van der Waals surface area (Å²) in [6.45, 7) is 3.52. The second-order valence-electron chi connectivity index (χ2n) is 5.85. The van der Waals surface area contributed by atoms with Crippen molar-refractivity contribution in [1.29, 1.82) is 0 Å². The van der Waals surface area contributed by atoms with Crippen LogP contribution in [0.2, 0.25) is 0 Å². The molecule has 0 aliphatic carbocycles. The second kappa shape index (κ2) is 8.52. The van der Waals surface area contributed by atoms with Crippen molar-refractivity contribution in [2.24, 2.45) is 10.2 Å². The van der Waals surface area contributed by atoms with Crippen molar-refractivity contribution < 1.29 is 14.3 Å². The molecule has 2 heterocycles. The number of nitrogens with zero attached hydrogens (tertiary/aromatic N) is 3. The molecule has 0 saturated carbocycles. The van der Waals surface area contributed by atoms with E-state index < -0.39 is 5.97 Å². The number of H-pyrrole nitrogens is 1. The summed E-state index contributed by atoms with van der Waals surface area (Å²) in [4.78, 5) is 25.5. The molecule has 11 heteroatoms. The number of carbonyl (C=O) groups excluding carboxylic acids is 2. The van der Waals surface area contributed by atoms with Crippen LogP contribution in [0, 0.1) is 6.92 Å². The number of aromatic amines is 1. The number of hydrogen-bond donors (Lipinski definition) is 4. The van der Waals surface area contributed by atoms with Crippen molar-refractivity contribution in [2.75, 3.05) is 23.4 Å². The maximum atomic E-state index is 12.7. The number of amides is 1. The molecule has 0 saturated heterocycles. The minimum atomic E-state index is -0.595. The zero-order valence-electron chi connectivity index (χ0n) is 15.7. The highest BCUT2D eigenvalue weighted by Gasteiger charge is 2.26. The first kappa shape index (κ1) is 20.0. The zero-order valence-corrected chi connectivity index (χ0v) is 16.5. The Bertz CT molecular complexity index is 1050. The van der Waals surface area contributed by atoms with E-state index in [1.165, 1.54) is 0 Å². The average molecular weight is 413 g/mol. The van der Waals surface area contributed by atoms with E-state index in [9.17, 15) is 9.59 Å². The van der Waals surface area contributed by atoms with Gasteiger partial charge in [0.25, 0.3) is 5.91 Å². The van der Waals surface area contributed by atoms with Gasteiger partial charge in [0.1, 0.15) is 11.4 Å². The lowest BCUT2D eigenvalue weighted by Gasteiger charge is -2.05. The summed E-state index contributed by atoms with van der Waals surface area (Å²) in [7, 11) is 0. The zero-order chi connectivity index (χ0) is 21.0. The van der Waals surface area contributed by atoms with Crippen molar-refractivity contribution in [2.45, 2.75) is 13.8 Å². The van der Waals surface area contributed by atoms with E-state index in [0.29, 0.717) is 16.1 Å². The van der Waals surface area contributed by atoms with Crippen LogP contribution in [-0.4, -0.2) is 28.7 Å². The predicted octanol–water partition coefficient (Wildman–Crippen LogP) is 3.79. The quantitative estimate of drug-likeness (QED) is 0.355. The number of carbonyl (C=O) groups is 2. The van der Waals surface area contributed by atoms with Crippen LogP contribution in [0.4, 0.5) is 28.0 Å². The molecule has 29 heavy (non-hydrogen) atoms. The molecule has 2 aromatic heterocycles. The Hall–Kier alpha value is -3.73. The SMILES string of the molecule is CCOC(=O)c1c(N=Nc2c(N)n[nH]c2N)sc(C(=O)Nc2ccccc2)c1C. The Morgan fingerprint density at radius 1 is 1.24 bits per heavy atom. The molecule has 1 aromatic carbocycles. The number of esters is 1. The number of rotatable bonds is 6. The molecule has 1 amide bonds. The van der Waals surface area contributed by atoms with E-state index >= 15 is 0 Å². The third-order valence-electron chi connectivity index (χ3n) is 3.88. The molecule has 0 aliphatic rings. The lowest BCUT2D eigenvalue weighted by atomic mass is 10.1. The van der Waals surface area contributed by atoms with Crippen LogP contribution in [0.25, 0.3) is 0 Å². The lowest BCUT2D eigenvalue weighted by molar-refractivity contribution is 0.0527. The first-order chi connectivity index (χ1) is 13.9. The minimum absolute atomic E-state index is 0.0688. The molecule has 3 rings (SSSR count). The summed E-state index contributed by atoms with van der Waals surface area (Å²) in [5.41, 5.74) is 12.8. The molecule has 6 N–H and O–H groups in total. The highest BCUT2D eigenvalue weighted by atomic mass is 32.1. The van der Waals surface area contributed by atoms with E-state index in [4.69, 9.17) is 16.2 Å². The molecule has 0 radical (unpaired) electrons. The fraction of sp³-hybridized carbons (Fsp3) is 0.167. The first-order valence-corrected chi connectivity index (χ1v) is 9.42. The summed E-state index contributed by atoms with van der Waals surface area (Å²) in [6, 6.07) is 8.98. The monoisotopic (exact) mass is 413 g/mol. The lowest BCUT2D eigenvalue weighted by Crippen LogP contribution is -2.12. The van der Waals surface area contributed by atoms with Gasteiger partial charge in [0.15, 0.2) is 16.5 Å². The van der Waals surface area contributed by atoms with Crippen LogP contribution in [0.15, 0.2) is 40.6 Å². The molecule has 0 unspecified atom stereocenters. The van der Waals surface area contributed by atoms with E-state index in [1.54, 1.807) is 38.1 Å². The van der Waals surface area contributed by atoms with Crippen molar-refractivity contribution >= 4 is 51.2 Å². The van der Waals surface area contributed by atoms with E-state index in [-0.39, 0.29) is 40.4 Å². The van der Waals surface area contributed by atoms with Gasteiger partial charge in [-0.3, -0.25) is 9.89 Å². The van der Waals surface area contributed by atoms with Gasteiger partial charge in [-0.05, 0) is 31.5 Å². The topological polar surface area (TPSA) is 161 Å². The fourth-order valence-electron chi connectivity index (χ4n) is 2.50. The number of aromatic nitrogens is 2. The Morgan fingerprint density at radius 3 is 2.59 bits per heavy atom. The van der Waals surface area contributed by atoms with Crippen LogP contribution in [0.1, 0.15) is 32.5 Å². The number of azo groups is 1. The van der Waals surface area contributed by atoms with E-state index in [0.717, 1.165) is 11.3 Å². The van der Waals surface area contributed by atoms with Crippen LogP contribution < -0.4 is 16.8 Å². The van der Waals surface area contributed by atoms with E-state index in [1.807, 2.05) is 6.07 Å².